The van der Waals surface area contributed by atoms with Gasteiger partial charge in [-0.2, -0.15) is 0 Å². The van der Waals surface area contributed by atoms with Crippen molar-refractivity contribution in [2.24, 2.45) is 0 Å². The number of esters is 2. The molecular formula is C34H36N6O12S. The van der Waals surface area contributed by atoms with Crippen LogP contribution in [0.2, 0.25) is 0 Å². The Labute approximate surface area is 307 Å². The van der Waals surface area contributed by atoms with Gasteiger partial charge in [0.15, 0.2) is 0 Å². The van der Waals surface area contributed by atoms with E-state index < -0.39 is 45.7 Å². The number of carbonyl (C=O) groups excluding carboxylic acids is 6. The maximum absolute atomic E-state index is 12.9. The predicted octanol–water partition coefficient (Wildman–Crippen LogP) is 2.15. The average molecular weight is 753 g/mol. The Morgan fingerprint density at radius 2 is 1.06 bits per heavy atom. The smallest absolute Gasteiger partial charge is 0.330 e. The summed E-state index contributed by atoms with van der Waals surface area (Å²) in [6.45, 7) is 3.00. The Bertz CT molecular complexity index is 1770. The number of hydrogen-bond donors (Lipinski definition) is 0. The van der Waals surface area contributed by atoms with Crippen molar-refractivity contribution in [3.63, 3.8) is 0 Å². The number of carbonyl (C=O) groups is 6. The van der Waals surface area contributed by atoms with Crippen molar-refractivity contribution in [1.82, 2.24) is 19.6 Å². The summed E-state index contributed by atoms with van der Waals surface area (Å²) in [6, 6.07) is 6.28. The van der Waals surface area contributed by atoms with Gasteiger partial charge >= 0.3 is 11.9 Å². The van der Waals surface area contributed by atoms with Gasteiger partial charge in [-0.25, -0.2) is 9.59 Å². The van der Waals surface area contributed by atoms with E-state index in [4.69, 9.17) is 9.47 Å². The Morgan fingerprint density at radius 3 is 1.38 bits per heavy atom. The fourth-order valence-corrected chi connectivity index (χ4v) is 6.78. The lowest BCUT2D eigenvalue weighted by Crippen LogP contribution is -2.59. The fourth-order valence-electron chi connectivity index (χ4n) is 5.79. The first-order valence-electron chi connectivity index (χ1n) is 16.0. The second-order valence-corrected chi connectivity index (χ2v) is 12.9. The van der Waals surface area contributed by atoms with E-state index in [1.165, 1.54) is 108 Å². The van der Waals surface area contributed by atoms with Crippen LogP contribution in [0.25, 0.3) is 12.2 Å². The summed E-state index contributed by atoms with van der Waals surface area (Å²) in [6.07, 6.45) is 5.10. The van der Waals surface area contributed by atoms with Crippen LogP contribution in [0.4, 0.5) is 11.4 Å². The number of nitrogens with zero attached hydrogens (tertiary/aromatic N) is 6. The first-order chi connectivity index (χ1) is 25.1. The third kappa shape index (κ3) is 9.61. The Hall–Kier alpha value is -6.11. The van der Waals surface area contributed by atoms with Crippen LogP contribution in [0, 0.1) is 20.2 Å². The molecule has 280 valence electrons. The summed E-state index contributed by atoms with van der Waals surface area (Å²) in [5, 5.41) is 24.1. The van der Waals surface area contributed by atoms with E-state index in [2.05, 4.69) is 0 Å². The van der Waals surface area contributed by atoms with Gasteiger partial charge in [0, 0.05) is 64.3 Å². The summed E-state index contributed by atoms with van der Waals surface area (Å²) in [5.41, 5.74) is -0.156. The van der Waals surface area contributed by atoms with E-state index >= 15 is 0 Å². The van der Waals surface area contributed by atoms with E-state index in [1.54, 1.807) is 0 Å². The van der Waals surface area contributed by atoms with Gasteiger partial charge in [0.2, 0.25) is 23.6 Å². The Kier molecular flexibility index (Phi) is 13.0. The zero-order chi connectivity index (χ0) is 39.0. The van der Waals surface area contributed by atoms with Gasteiger partial charge < -0.3 is 29.1 Å². The van der Waals surface area contributed by atoms with Crippen molar-refractivity contribution >= 4 is 70.9 Å². The topological polar surface area (TPSA) is 220 Å². The summed E-state index contributed by atoms with van der Waals surface area (Å²) in [4.78, 5) is 103. The zero-order valence-corrected chi connectivity index (χ0v) is 30.0. The molecule has 2 fully saturated rings. The standard InChI is InChI=1S/C34H36N6O12S/c1-21(41)37-15-13-35(19-27(37)33(45)51-3)31(43)11-7-23-5-9-29(25(17-23)39(47)48)53-30-10-6-24(18-26(30)40(49)50)8-12-32(44)36-14-16-38(22(2)42)28(20-36)34(46)52-4/h5-12,17-18,27-28H,13-16,19-20H2,1-4H3/b11-7+,12-8+. The lowest BCUT2D eigenvalue weighted by molar-refractivity contribution is -0.388. The summed E-state index contributed by atoms with van der Waals surface area (Å²) < 4.78 is 9.55. The predicted molar refractivity (Wildman–Crippen MR) is 188 cm³/mol. The molecule has 2 heterocycles. The number of methoxy groups -OCH3 is 2. The maximum atomic E-state index is 12.9. The highest BCUT2D eigenvalue weighted by Gasteiger charge is 2.37. The number of piperazine rings is 2. The molecule has 2 saturated heterocycles. The van der Waals surface area contributed by atoms with Gasteiger partial charge in [-0.05, 0) is 35.4 Å². The Balaban J connectivity index is 1.48. The molecule has 53 heavy (non-hydrogen) atoms. The van der Waals surface area contributed by atoms with Crippen molar-refractivity contribution in [2.45, 2.75) is 35.7 Å². The van der Waals surface area contributed by atoms with Crippen molar-refractivity contribution < 1.29 is 48.1 Å². The number of rotatable bonds is 10. The lowest BCUT2D eigenvalue weighted by Gasteiger charge is -2.39. The first-order valence-corrected chi connectivity index (χ1v) is 16.9. The van der Waals surface area contributed by atoms with Crippen LogP contribution in [0.1, 0.15) is 25.0 Å². The van der Waals surface area contributed by atoms with Gasteiger partial charge in [0.1, 0.15) is 12.1 Å². The molecule has 0 aromatic heterocycles. The lowest BCUT2D eigenvalue weighted by atomic mass is 10.1. The van der Waals surface area contributed by atoms with Crippen LogP contribution < -0.4 is 0 Å². The molecule has 19 heteroatoms. The molecule has 0 aliphatic carbocycles. The van der Waals surface area contributed by atoms with E-state index in [0.717, 1.165) is 11.8 Å². The fraction of sp³-hybridized carbons (Fsp3) is 0.353. The van der Waals surface area contributed by atoms with E-state index in [-0.39, 0.29) is 72.2 Å². The van der Waals surface area contributed by atoms with Crippen LogP contribution in [-0.2, 0) is 38.2 Å². The molecule has 0 bridgehead atoms. The highest BCUT2D eigenvalue weighted by Crippen LogP contribution is 2.40. The minimum Gasteiger partial charge on any atom is -0.467 e. The number of hydrogen-bond acceptors (Lipinski definition) is 13. The molecule has 2 aliphatic heterocycles. The highest BCUT2D eigenvalue weighted by molar-refractivity contribution is 7.99. The summed E-state index contributed by atoms with van der Waals surface area (Å²) in [7, 11) is 2.36. The second-order valence-electron chi connectivity index (χ2n) is 11.8. The van der Waals surface area contributed by atoms with E-state index in [9.17, 15) is 49.0 Å². The average Bonchev–Trinajstić information content (AvgIpc) is 3.15. The summed E-state index contributed by atoms with van der Waals surface area (Å²) >= 11 is 0.790. The van der Waals surface area contributed by atoms with Gasteiger partial charge in [0.25, 0.3) is 11.4 Å². The third-order valence-corrected chi connectivity index (χ3v) is 9.69. The molecular weight excluding hydrogens is 716 g/mol. The molecule has 2 aromatic carbocycles. The molecule has 2 aliphatic rings. The normalized spacial score (nSPS) is 17.5. The molecule has 4 rings (SSSR count). The molecule has 2 unspecified atom stereocenters. The number of nitro groups is 2. The second kappa shape index (κ2) is 17.4. The molecule has 0 spiro atoms. The van der Waals surface area contributed by atoms with Crippen molar-refractivity contribution in [3.05, 3.63) is 79.9 Å². The molecule has 2 aromatic rings. The quantitative estimate of drug-likeness (QED) is 0.147. The number of ether oxygens (including phenoxy) is 2. The van der Waals surface area contributed by atoms with Crippen LogP contribution >= 0.6 is 11.8 Å². The number of amides is 4. The van der Waals surface area contributed by atoms with Crippen LogP contribution in [-0.4, -0.2) is 131 Å². The van der Waals surface area contributed by atoms with E-state index in [1.807, 2.05) is 0 Å². The molecule has 0 saturated carbocycles. The molecule has 0 radical (unpaired) electrons. The van der Waals surface area contributed by atoms with Crippen molar-refractivity contribution in [3.8, 4) is 0 Å². The molecule has 18 nitrogen and oxygen atoms in total. The van der Waals surface area contributed by atoms with Crippen molar-refractivity contribution in [2.75, 3.05) is 53.5 Å². The van der Waals surface area contributed by atoms with Crippen LogP contribution in [0.15, 0.2) is 58.3 Å². The minimum atomic E-state index is -0.971. The monoisotopic (exact) mass is 752 g/mol. The van der Waals surface area contributed by atoms with Gasteiger partial charge in [-0.3, -0.25) is 39.4 Å². The number of nitro benzene ring substituents is 2. The SMILES string of the molecule is COC(=O)C1CN(C(=O)/C=C/c2ccc(Sc3ccc(/C=C/C(=O)N4CCN(C(C)=O)C(C(=O)OC)C4)cc3[N+](=O)[O-])c([N+](=O)[O-])c2)CCN1C(C)=O. The van der Waals surface area contributed by atoms with Crippen LogP contribution in [0.5, 0.6) is 0 Å². The first kappa shape index (κ1) is 39.7. The van der Waals surface area contributed by atoms with Gasteiger partial charge in [0.05, 0.1) is 46.9 Å². The van der Waals surface area contributed by atoms with Gasteiger partial charge in [-0.1, -0.05) is 23.9 Å². The minimum absolute atomic E-state index is 0.0891. The molecule has 0 N–H and O–H groups in total. The third-order valence-electron chi connectivity index (χ3n) is 8.56. The Morgan fingerprint density at radius 1 is 0.679 bits per heavy atom. The highest BCUT2D eigenvalue weighted by atomic mass is 32.2. The number of benzene rings is 2. The van der Waals surface area contributed by atoms with Crippen LogP contribution in [0.3, 0.4) is 0 Å². The van der Waals surface area contributed by atoms with E-state index in [0.29, 0.717) is 11.1 Å². The maximum Gasteiger partial charge on any atom is 0.330 e. The molecule has 2 atom stereocenters. The molecule has 4 amide bonds. The largest absolute Gasteiger partial charge is 0.467 e. The summed E-state index contributed by atoms with van der Waals surface area (Å²) in [5.74, 6) is -2.99. The zero-order valence-electron chi connectivity index (χ0n) is 29.2. The van der Waals surface area contributed by atoms with Gasteiger partial charge in [-0.15, -0.1) is 0 Å². The van der Waals surface area contributed by atoms with Crippen molar-refractivity contribution in [1.29, 1.82) is 0 Å².